The van der Waals surface area contributed by atoms with Gasteiger partial charge in [0, 0.05) is 23.5 Å². The van der Waals surface area contributed by atoms with Gasteiger partial charge in [-0.2, -0.15) is 0 Å². The van der Waals surface area contributed by atoms with E-state index in [4.69, 9.17) is 0 Å². The Balaban J connectivity index is 2.18. The first-order valence-electron chi connectivity index (χ1n) is 6.78. The summed E-state index contributed by atoms with van der Waals surface area (Å²) in [6, 6.07) is 7.70. The Morgan fingerprint density at radius 3 is 2.33 bits per heavy atom. The minimum atomic E-state index is -0.0717. The summed E-state index contributed by atoms with van der Waals surface area (Å²) >= 11 is 0. The number of hydrogen-bond donors (Lipinski definition) is 0. The lowest BCUT2D eigenvalue weighted by Crippen LogP contribution is -2.72. The normalized spacial score (nSPS) is 27.3. The van der Waals surface area contributed by atoms with Gasteiger partial charge < -0.3 is 0 Å². The van der Waals surface area contributed by atoms with Crippen LogP contribution in [0, 0.1) is 11.2 Å². The third-order valence-corrected chi connectivity index (χ3v) is 4.88. The fourth-order valence-corrected chi connectivity index (χ4v) is 3.18. The summed E-state index contributed by atoms with van der Waals surface area (Å²) < 4.78 is 13.8. The Bertz CT molecular complexity index is 438. The molecule has 0 saturated carbocycles. The smallest absolute Gasteiger partial charge is 0.126 e. The van der Waals surface area contributed by atoms with Gasteiger partial charge in [-0.25, -0.2) is 4.39 Å². The van der Waals surface area contributed by atoms with Crippen molar-refractivity contribution < 1.29 is 4.39 Å². The van der Waals surface area contributed by atoms with Gasteiger partial charge in [-0.3, -0.25) is 4.90 Å². The van der Waals surface area contributed by atoms with E-state index < -0.39 is 0 Å². The molecule has 1 heterocycles. The summed E-state index contributed by atoms with van der Waals surface area (Å²) in [5.41, 5.74) is 1.12. The average molecular weight is 249 g/mol. The minimum Gasteiger partial charge on any atom is -0.295 e. The maximum atomic E-state index is 13.8. The molecule has 2 heteroatoms. The summed E-state index contributed by atoms with van der Waals surface area (Å²) in [5.74, 6) is -0.0717. The molecule has 0 radical (unpaired) electrons. The number of halogens is 1. The van der Waals surface area contributed by atoms with Gasteiger partial charge in [0.2, 0.25) is 0 Å². The van der Waals surface area contributed by atoms with Gasteiger partial charge in [0.1, 0.15) is 5.82 Å². The lowest BCUT2D eigenvalue weighted by atomic mass is 9.60. The van der Waals surface area contributed by atoms with Crippen LogP contribution >= 0.6 is 0 Å². The SMILES string of the molecule is CC(C)N1CC(C)(Cc2ccccc2F)C1(C)C. The topological polar surface area (TPSA) is 3.24 Å². The molecule has 1 unspecified atom stereocenters. The van der Waals surface area contributed by atoms with Gasteiger partial charge in [-0.15, -0.1) is 0 Å². The second kappa shape index (κ2) is 4.34. The summed E-state index contributed by atoms with van der Waals surface area (Å²) in [7, 11) is 0. The Hall–Kier alpha value is -0.890. The fourth-order valence-electron chi connectivity index (χ4n) is 3.18. The van der Waals surface area contributed by atoms with Gasteiger partial charge in [0.15, 0.2) is 0 Å². The van der Waals surface area contributed by atoms with Gasteiger partial charge in [-0.05, 0) is 45.7 Å². The van der Waals surface area contributed by atoms with Crippen molar-refractivity contribution in [1.29, 1.82) is 0 Å². The van der Waals surface area contributed by atoms with Crippen LogP contribution in [0.25, 0.3) is 0 Å². The predicted octanol–water partition coefficient (Wildman–Crippen LogP) is 3.88. The molecule has 100 valence electrons. The molecule has 0 aliphatic carbocycles. The molecule has 0 spiro atoms. The molecular weight excluding hydrogens is 225 g/mol. The summed E-state index contributed by atoms with van der Waals surface area (Å²) in [6.45, 7) is 12.3. The Kier molecular flexibility index (Phi) is 3.26. The lowest BCUT2D eigenvalue weighted by Gasteiger charge is -2.64. The van der Waals surface area contributed by atoms with Gasteiger partial charge >= 0.3 is 0 Å². The van der Waals surface area contributed by atoms with Gasteiger partial charge in [-0.1, -0.05) is 25.1 Å². The zero-order valence-corrected chi connectivity index (χ0v) is 12.1. The molecular formula is C16H24FN. The monoisotopic (exact) mass is 249 g/mol. The lowest BCUT2D eigenvalue weighted by molar-refractivity contribution is -0.145. The van der Waals surface area contributed by atoms with Crippen molar-refractivity contribution in [1.82, 2.24) is 4.90 Å². The molecule has 1 fully saturated rings. The maximum Gasteiger partial charge on any atom is 0.126 e. The highest BCUT2D eigenvalue weighted by atomic mass is 19.1. The zero-order valence-electron chi connectivity index (χ0n) is 12.1. The average Bonchev–Trinajstić information content (AvgIpc) is 2.29. The van der Waals surface area contributed by atoms with E-state index in [1.807, 2.05) is 12.1 Å². The van der Waals surface area contributed by atoms with Crippen molar-refractivity contribution >= 4 is 0 Å². The second-order valence-electron chi connectivity index (χ2n) is 6.61. The largest absolute Gasteiger partial charge is 0.295 e. The van der Waals surface area contributed by atoms with E-state index >= 15 is 0 Å². The van der Waals surface area contributed by atoms with Crippen LogP contribution < -0.4 is 0 Å². The Morgan fingerprint density at radius 2 is 1.83 bits per heavy atom. The first-order valence-corrected chi connectivity index (χ1v) is 6.78. The van der Waals surface area contributed by atoms with Crippen molar-refractivity contribution in [3.05, 3.63) is 35.6 Å². The molecule has 1 aromatic rings. The predicted molar refractivity (Wildman–Crippen MR) is 74.1 cm³/mol. The molecule has 1 atom stereocenters. The number of hydrogen-bond acceptors (Lipinski definition) is 1. The summed E-state index contributed by atoms with van der Waals surface area (Å²) in [4.78, 5) is 2.49. The summed E-state index contributed by atoms with van der Waals surface area (Å²) in [6.07, 6.45) is 0.815. The molecule has 1 saturated heterocycles. The zero-order chi connectivity index (χ0) is 13.6. The molecule has 0 aromatic heterocycles. The number of nitrogens with zero attached hydrogens (tertiary/aromatic N) is 1. The van der Waals surface area contributed by atoms with Crippen LogP contribution in [-0.2, 0) is 6.42 Å². The molecule has 0 amide bonds. The van der Waals surface area contributed by atoms with Crippen LogP contribution in [0.2, 0.25) is 0 Å². The number of benzene rings is 1. The number of rotatable bonds is 3. The van der Waals surface area contributed by atoms with Crippen molar-refractivity contribution in [3.63, 3.8) is 0 Å². The van der Waals surface area contributed by atoms with Gasteiger partial charge in [0.25, 0.3) is 0 Å². The first-order chi connectivity index (χ1) is 8.28. The van der Waals surface area contributed by atoms with Crippen LogP contribution in [0.3, 0.4) is 0 Å². The quantitative estimate of drug-likeness (QED) is 0.786. The van der Waals surface area contributed by atoms with Crippen molar-refractivity contribution in [2.45, 2.75) is 52.6 Å². The van der Waals surface area contributed by atoms with Crippen molar-refractivity contribution in [2.24, 2.45) is 5.41 Å². The van der Waals surface area contributed by atoms with E-state index in [0.717, 1.165) is 18.5 Å². The van der Waals surface area contributed by atoms with Crippen LogP contribution in [0.15, 0.2) is 24.3 Å². The molecule has 18 heavy (non-hydrogen) atoms. The highest BCUT2D eigenvalue weighted by Crippen LogP contribution is 2.49. The second-order valence-corrected chi connectivity index (χ2v) is 6.61. The fraction of sp³-hybridized carbons (Fsp3) is 0.625. The third kappa shape index (κ3) is 1.97. The van der Waals surface area contributed by atoms with Crippen molar-refractivity contribution in [3.8, 4) is 0 Å². The van der Waals surface area contributed by atoms with E-state index in [1.165, 1.54) is 0 Å². The standard InChI is InChI=1S/C16H24FN/c1-12(2)18-11-16(5,15(18,3)4)10-13-8-6-7-9-14(13)17/h6-9,12H,10-11H2,1-5H3. The van der Waals surface area contributed by atoms with E-state index in [-0.39, 0.29) is 16.8 Å². The summed E-state index contributed by atoms with van der Waals surface area (Å²) in [5, 5.41) is 0. The number of likely N-dealkylation sites (tertiary alicyclic amines) is 1. The molecule has 0 N–H and O–H groups in total. The van der Waals surface area contributed by atoms with Crippen LogP contribution in [0.1, 0.15) is 40.2 Å². The minimum absolute atomic E-state index is 0.0717. The molecule has 1 aliphatic rings. The van der Waals surface area contributed by atoms with E-state index in [9.17, 15) is 4.39 Å². The first kappa shape index (κ1) is 13.5. The van der Waals surface area contributed by atoms with Crippen LogP contribution in [0.4, 0.5) is 4.39 Å². The van der Waals surface area contributed by atoms with E-state index in [0.29, 0.717) is 6.04 Å². The molecule has 1 aliphatic heterocycles. The van der Waals surface area contributed by atoms with Gasteiger partial charge in [0.05, 0.1) is 0 Å². The van der Waals surface area contributed by atoms with Crippen LogP contribution in [0.5, 0.6) is 0 Å². The molecule has 1 aromatic carbocycles. The third-order valence-electron chi connectivity index (χ3n) is 4.88. The van der Waals surface area contributed by atoms with E-state index in [2.05, 4.69) is 39.5 Å². The maximum absolute atomic E-state index is 13.8. The molecule has 1 nitrogen and oxygen atoms in total. The van der Waals surface area contributed by atoms with E-state index in [1.54, 1.807) is 12.1 Å². The highest BCUT2D eigenvalue weighted by Gasteiger charge is 2.55. The van der Waals surface area contributed by atoms with Crippen molar-refractivity contribution in [2.75, 3.05) is 6.54 Å². The highest BCUT2D eigenvalue weighted by molar-refractivity contribution is 5.23. The van der Waals surface area contributed by atoms with Crippen LogP contribution in [-0.4, -0.2) is 23.0 Å². The Labute approximate surface area is 110 Å². The molecule has 2 rings (SSSR count). The Morgan fingerprint density at radius 1 is 1.22 bits per heavy atom. The molecule has 0 bridgehead atoms.